The van der Waals surface area contributed by atoms with Gasteiger partial charge in [0.1, 0.15) is 12.6 Å². The second-order valence-electron chi connectivity index (χ2n) is 4.27. The summed E-state index contributed by atoms with van der Waals surface area (Å²) in [5.41, 5.74) is 1.70. The number of carbonyl (C=O) groups excluding carboxylic acids is 1. The Labute approximate surface area is 117 Å². The number of likely N-dealkylation sites (N-methyl/N-ethyl adjacent to an activating group) is 1. The van der Waals surface area contributed by atoms with Crippen molar-refractivity contribution in [2.24, 2.45) is 0 Å². The minimum atomic E-state index is -0.0869. The summed E-state index contributed by atoms with van der Waals surface area (Å²) in [5, 5.41) is 16.4. The van der Waals surface area contributed by atoms with Crippen LogP contribution in [-0.2, 0) is 11.3 Å². The molecule has 102 valence electrons. The topological polar surface area (TPSA) is 74.8 Å². The molecule has 1 aromatic carbocycles. The molecule has 0 fully saturated rings. The van der Waals surface area contributed by atoms with E-state index in [4.69, 9.17) is 5.26 Å². The number of nitriles is 1. The van der Waals surface area contributed by atoms with Crippen LogP contribution in [0.3, 0.4) is 0 Å². The third-order valence-electron chi connectivity index (χ3n) is 3.06. The highest BCUT2D eigenvalue weighted by molar-refractivity contribution is 5.93. The van der Waals surface area contributed by atoms with Gasteiger partial charge in [-0.05, 0) is 26.0 Å². The maximum absolute atomic E-state index is 12.3. The number of rotatable bonds is 4. The first-order valence-electron chi connectivity index (χ1n) is 6.33. The van der Waals surface area contributed by atoms with Crippen LogP contribution in [0.5, 0.6) is 0 Å². The van der Waals surface area contributed by atoms with Crippen molar-refractivity contribution >= 4 is 11.6 Å². The molecule has 0 saturated heterocycles. The lowest BCUT2D eigenvalue weighted by Gasteiger charge is -2.21. The fourth-order valence-corrected chi connectivity index (χ4v) is 1.94. The van der Waals surface area contributed by atoms with Gasteiger partial charge in [-0.25, -0.2) is 4.68 Å². The second-order valence-corrected chi connectivity index (χ2v) is 4.27. The van der Waals surface area contributed by atoms with Gasteiger partial charge in [-0.1, -0.05) is 23.4 Å². The monoisotopic (exact) mass is 269 g/mol. The van der Waals surface area contributed by atoms with Crippen LogP contribution in [0.2, 0.25) is 0 Å². The third kappa shape index (κ3) is 2.67. The van der Waals surface area contributed by atoms with Crippen molar-refractivity contribution in [2.45, 2.75) is 20.4 Å². The van der Waals surface area contributed by atoms with E-state index in [1.165, 1.54) is 4.68 Å². The Hall–Kier alpha value is -2.68. The molecule has 0 unspecified atom stereocenters. The van der Waals surface area contributed by atoms with Crippen molar-refractivity contribution in [2.75, 3.05) is 11.4 Å². The minimum absolute atomic E-state index is 0.0727. The van der Waals surface area contributed by atoms with E-state index in [1.807, 2.05) is 43.3 Å². The Morgan fingerprint density at radius 1 is 1.40 bits per heavy atom. The van der Waals surface area contributed by atoms with E-state index < -0.39 is 0 Å². The second kappa shape index (κ2) is 5.97. The largest absolute Gasteiger partial charge is 0.311 e. The Kier molecular flexibility index (Phi) is 4.11. The fraction of sp³-hybridized carbons (Fsp3) is 0.286. The molecule has 6 nitrogen and oxygen atoms in total. The van der Waals surface area contributed by atoms with Crippen molar-refractivity contribution in [1.29, 1.82) is 5.26 Å². The smallest absolute Gasteiger partial charge is 0.248 e. The first-order valence-corrected chi connectivity index (χ1v) is 6.33. The zero-order valence-electron chi connectivity index (χ0n) is 11.4. The molecule has 0 spiro atoms. The first-order chi connectivity index (χ1) is 9.67. The van der Waals surface area contributed by atoms with E-state index >= 15 is 0 Å². The Morgan fingerprint density at radius 2 is 2.10 bits per heavy atom. The van der Waals surface area contributed by atoms with Gasteiger partial charge in [0.2, 0.25) is 5.91 Å². The lowest BCUT2D eigenvalue weighted by atomic mass is 10.3. The van der Waals surface area contributed by atoms with Crippen LogP contribution in [0.1, 0.15) is 18.3 Å². The average Bonchev–Trinajstić information content (AvgIpc) is 2.81. The molecule has 1 heterocycles. The molecule has 0 aliphatic rings. The average molecular weight is 269 g/mol. The van der Waals surface area contributed by atoms with Crippen molar-refractivity contribution in [1.82, 2.24) is 15.0 Å². The Bertz CT molecular complexity index is 641. The predicted octanol–water partition coefficient (Wildman–Crippen LogP) is 1.51. The molecule has 6 heteroatoms. The van der Waals surface area contributed by atoms with E-state index in [2.05, 4.69) is 10.3 Å². The summed E-state index contributed by atoms with van der Waals surface area (Å²) in [4.78, 5) is 14.0. The third-order valence-corrected chi connectivity index (χ3v) is 3.06. The molecule has 2 rings (SSSR count). The molecule has 0 radical (unpaired) electrons. The molecule has 0 bridgehead atoms. The Balaban J connectivity index is 2.18. The zero-order chi connectivity index (χ0) is 14.5. The standard InChI is InChI=1S/C14H15N5O/c1-3-18(12-7-5-4-6-8-12)14(20)10-19-11(2)13(9-15)16-17-19/h4-8H,3,10H2,1-2H3. The van der Waals surface area contributed by atoms with Crippen molar-refractivity contribution in [3.63, 3.8) is 0 Å². The normalized spacial score (nSPS) is 10.1. The zero-order valence-corrected chi connectivity index (χ0v) is 11.4. The summed E-state index contributed by atoms with van der Waals surface area (Å²) < 4.78 is 1.45. The molecule has 1 amide bonds. The molecule has 0 N–H and O–H groups in total. The van der Waals surface area contributed by atoms with Crippen LogP contribution in [-0.4, -0.2) is 27.4 Å². The number of amides is 1. The number of benzene rings is 1. The van der Waals surface area contributed by atoms with Gasteiger partial charge in [0.05, 0.1) is 5.69 Å². The van der Waals surface area contributed by atoms with Gasteiger partial charge in [0, 0.05) is 12.2 Å². The van der Waals surface area contributed by atoms with Gasteiger partial charge in [-0.3, -0.25) is 4.79 Å². The fourth-order valence-electron chi connectivity index (χ4n) is 1.94. The summed E-state index contributed by atoms with van der Waals surface area (Å²) in [6.45, 7) is 4.29. The molecular formula is C14H15N5O. The molecule has 0 aliphatic carbocycles. The van der Waals surface area contributed by atoms with E-state index in [9.17, 15) is 4.79 Å². The van der Waals surface area contributed by atoms with Gasteiger partial charge >= 0.3 is 0 Å². The highest BCUT2D eigenvalue weighted by Crippen LogP contribution is 2.14. The van der Waals surface area contributed by atoms with Crippen LogP contribution < -0.4 is 4.90 Å². The van der Waals surface area contributed by atoms with E-state index in [0.717, 1.165) is 5.69 Å². The number of carbonyl (C=O) groups is 1. The molecular weight excluding hydrogens is 254 g/mol. The predicted molar refractivity (Wildman–Crippen MR) is 73.9 cm³/mol. The highest BCUT2D eigenvalue weighted by Gasteiger charge is 2.17. The number of para-hydroxylation sites is 1. The maximum atomic E-state index is 12.3. The van der Waals surface area contributed by atoms with Gasteiger partial charge in [0.15, 0.2) is 5.69 Å². The summed E-state index contributed by atoms with van der Waals surface area (Å²) in [5.74, 6) is -0.0869. The summed E-state index contributed by atoms with van der Waals surface area (Å²) in [6, 6.07) is 11.4. The number of aromatic nitrogens is 3. The number of anilines is 1. The van der Waals surface area contributed by atoms with E-state index in [0.29, 0.717) is 12.2 Å². The summed E-state index contributed by atoms with van der Waals surface area (Å²) in [6.07, 6.45) is 0. The first kappa shape index (κ1) is 13.7. The van der Waals surface area contributed by atoms with Gasteiger partial charge in [0.25, 0.3) is 0 Å². The molecule has 1 aromatic heterocycles. The van der Waals surface area contributed by atoms with Gasteiger partial charge < -0.3 is 4.90 Å². The molecule has 0 atom stereocenters. The highest BCUT2D eigenvalue weighted by atomic mass is 16.2. The quantitative estimate of drug-likeness (QED) is 0.843. The van der Waals surface area contributed by atoms with Crippen molar-refractivity contribution in [3.05, 3.63) is 41.7 Å². The van der Waals surface area contributed by atoms with Gasteiger partial charge in [-0.2, -0.15) is 5.26 Å². The van der Waals surface area contributed by atoms with Crippen LogP contribution in [0.15, 0.2) is 30.3 Å². The Morgan fingerprint density at radius 3 is 2.65 bits per heavy atom. The molecule has 0 saturated carbocycles. The molecule has 20 heavy (non-hydrogen) atoms. The van der Waals surface area contributed by atoms with Crippen LogP contribution >= 0.6 is 0 Å². The maximum Gasteiger partial charge on any atom is 0.248 e. The minimum Gasteiger partial charge on any atom is -0.311 e. The van der Waals surface area contributed by atoms with Crippen LogP contribution in [0.4, 0.5) is 5.69 Å². The number of hydrogen-bond donors (Lipinski definition) is 0. The lowest BCUT2D eigenvalue weighted by Crippen LogP contribution is -2.34. The molecule has 2 aromatic rings. The van der Waals surface area contributed by atoms with Crippen molar-refractivity contribution in [3.8, 4) is 6.07 Å². The number of hydrogen-bond acceptors (Lipinski definition) is 4. The SMILES string of the molecule is CCN(C(=O)Cn1nnc(C#N)c1C)c1ccccc1. The van der Waals surface area contributed by atoms with Crippen LogP contribution in [0, 0.1) is 18.3 Å². The lowest BCUT2D eigenvalue weighted by molar-refractivity contribution is -0.119. The summed E-state index contributed by atoms with van der Waals surface area (Å²) >= 11 is 0. The van der Waals surface area contributed by atoms with Crippen LogP contribution in [0.25, 0.3) is 0 Å². The summed E-state index contributed by atoms with van der Waals surface area (Å²) in [7, 11) is 0. The van der Waals surface area contributed by atoms with E-state index in [-0.39, 0.29) is 18.1 Å². The molecule has 0 aliphatic heterocycles. The van der Waals surface area contributed by atoms with E-state index in [1.54, 1.807) is 11.8 Å². The van der Waals surface area contributed by atoms with Gasteiger partial charge in [-0.15, -0.1) is 5.10 Å². The van der Waals surface area contributed by atoms with Crippen molar-refractivity contribution < 1.29 is 4.79 Å². The number of nitrogens with zero attached hydrogens (tertiary/aromatic N) is 5.